The highest BCUT2D eigenvalue weighted by atomic mass is 32.2. The first-order chi connectivity index (χ1) is 7.53. The van der Waals surface area contributed by atoms with Crippen molar-refractivity contribution in [1.29, 1.82) is 0 Å². The van der Waals surface area contributed by atoms with Gasteiger partial charge < -0.3 is 5.73 Å². The molecule has 90 valence electrons. The minimum absolute atomic E-state index is 0.133. The van der Waals surface area contributed by atoms with Gasteiger partial charge in [0.05, 0.1) is 0 Å². The van der Waals surface area contributed by atoms with Crippen LogP contribution in [0.2, 0.25) is 0 Å². The topological polar surface area (TPSA) is 72.2 Å². The predicted octanol–water partition coefficient (Wildman–Crippen LogP) is 1.80. The number of hydrogen-bond acceptors (Lipinski definition) is 4. The molecular formula is C10H16N2O2S2. The van der Waals surface area contributed by atoms with Gasteiger partial charge in [0.25, 0.3) is 0 Å². The molecule has 0 spiro atoms. The Morgan fingerprint density at radius 2 is 2.38 bits per heavy atom. The lowest BCUT2D eigenvalue weighted by molar-refractivity contribution is 0.575. The fraction of sp³-hybridized carbons (Fsp3) is 0.600. The monoisotopic (exact) mass is 260 g/mol. The van der Waals surface area contributed by atoms with E-state index >= 15 is 0 Å². The van der Waals surface area contributed by atoms with Crippen molar-refractivity contribution in [2.45, 2.75) is 36.4 Å². The smallest absolute Gasteiger partial charge is 0.250 e. The molecule has 1 aliphatic carbocycles. The van der Waals surface area contributed by atoms with Crippen LogP contribution < -0.4 is 10.5 Å². The molecular weight excluding hydrogens is 244 g/mol. The lowest BCUT2D eigenvalue weighted by Crippen LogP contribution is -2.26. The number of rotatable bonds is 5. The molecule has 0 aliphatic heterocycles. The molecule has 0 aromatic carbocycles. The van der Waals surface area contributed by atoms with Crippen LogP contribution >= 0.6 is 11.3 Å². The third kappa shape index (κ3) is 2.56. The third-order valence-corrected chi connectivity index (χ3v) is 5.70. The van der Waals surface area contributed by atoms with Crippen molar-refractivity contribution in [3.63, 3.8) is 0 Å². The van der Waals surface area contributed by atoms with Gasteiger partial charge in [-0.25, -0.2) is 13.1 Å². The van der Waals surface area contributed by atoms with Crippen LogP contribution in [0.25, 0.3) is 0 Å². The number of nitrogens with two attached hydrogens (primary N) is 1. The summed E-state index contributed by atoms with van der Waals surface area (Å²) < 4.78 is 26.8. The predicted molar refractivity (Wildman–Crippen MR) is 65.9 cm³/mol. The first-order valence-electron chi connectivity index (χ1n) is 5.39. The Hall–Kier alpha value is -0.590. The van der Waals surface area contributed by atoms with Crippen molar-refractivity contribution in [2.75, 3.05) is 5.73 Å². The molecule has 4 nitrogen and oxygen atoms in total. The summed E-state index contributed by atoms with van der Waals surface area (Å²) in [5, 5.41) is 1.64. The van der Waals surface area contributed by atoms with Gasteiger partial charge in [0.1, 0.15) is 4.21 Å². The number of anilines is 1. The van der Waals surface area contributed by atoms with Crippen molar-refractivity contribution in [3.05, 3.63) is 11.4 Å². The summed E-state index contributed by atoms with van der Waals surface area (Å²) in [4.78, 5) is 0. The number of nitrogens with one attached hydrogen (secondary N) is 1. The molecule has 2 rings (SSSR count). The molecule has 16 heavy (non-hydrogen) atoms. The molecule has 6 heteroatoms. The summed E-state index contributed by atoms with van der Waals surface area (Å²) in [6, 6.07) is 1.64. The van der Waals surface area contributed by atoms with E-state index in [1.165, 1.54) is 17.4 Å². The highest BCUT2D eigenvalue weighted by Gasteiger charge is 2.39. The maximum atomic E-state index is 11.9. The van der Waals surface area contributed by atoms with Crippen molar-refractivity contribution >= 4 is 27.0 Å². The average Bonchev–Trinajstić information content (AvgIpc) is 2.75. The van der Waals surface area contributed by atoms with E-state index in [-0.39, 0.29) is 6.04 Å². The standard InChI is InChI=1S/C10H16N2O2S2/c1-2-3-7-4-9(7)12-16(13,14)10-5-8(11)6-15-10/h5-7,9,12H,2-4,11H2,1H3. The molecule has 0 bridgehead atoms. The summed E-state index contributed by atoms with van der Waals surface area (Å²) >= 11 is 1.17. The third-order valence-electron chi connectivity index (χ3n) is 2.75. The van der Waals surface area contributed by atoms with E-state index in [0.29, 0.717) is 15.8 Å². The molecule has 1 saturated carbocycles. The molecule has 1 aliphatic rings. The molecule has 2 unspecified atom stereocenters. The zero-order valence-corrected chi connectivity index (χ0v) is 10.8. The molecule has 2 atom stereocenters. The number of sulfonamides is 1. The average molecular weight is 260 g/mol. The summed E-state index contributed by atoms with van der Waals surface area (Å²) in [5.74, 6) is 0.525. The van der Waals surface area contributed by atoms with Crippen molar-refractivity contribution in [1.82, 2.24) is 4.72 Å². The lowest BCUT2D eigenvalue weighted by Gasteiger charge is -2.03. The normalized spacial score (nSPS) is 24.6. The van der Waals surface area contributed by atoms with Gasteiger partial charge in [0.15, 0.2) is 0 Å². The second kappa shape index (κ2) is 4.35. The molecule has 0 radical (unpaired) electrons. The Balaban J connectivity index is 2.00. The Bertz CT molecular complexity index is 467. The highest BCUT2D eigenvalue weighted by Crippen LogP contribution is 2.36. The number of thiophene rings is 1. The van der Waals surface area contributed by atoms with Gasteiger partial charge >= 0.3 is 0 Å². The van der Waals surface area contributed by atoms with Gasteiger partial charge in [-0.15, -0.1) is 11.3 Å². The van der Waals surface area contributed by atoms with Gasteiger partial charge in [-0.05, 0) is 24.8 Å². The highest BCUT2D eigenvalue weighted by molar-refractivity contribution is 7.91. The van der Waals surface area contributed by atoms with E-state index in [9.17, 15) is 8.42 Å². The fourth-order valence-corrected chi connectivity index (χ4v) is 4.22. The van der Waals surface area contributed by atoms with Crippen LogP contribution in [0.1, 0.15) is 26.2 Å². The minimum Gasteiger partial charge on any atom is -0.398 e. The van der Waals surface area contributed by atoms with E-state index in [1.807, 2.05) is 0 Å². The lowest BCUT2D eigenvalue weighted by atomic mass is 10.2. The quantitative estimate of drug-likeness (QED) is 0.848. The summed E-state index contributed by atoms with van der Waals surface area (Å²) in [6.45, 7) is 2.11. The Labute approximate surface area is 99.9 Å². The molecule has 1 aromatic heterocycles. The zero-order valence-electron chi connectivity index (χ0n) is 9.14. The summed E-state index contributed by atoms with van der Waals surface area (Å²) in [5.41, 5.74) is 6.02. The molecule has 0 saturated heterocycles. The van der Waals surface area contributed by atoms with Gasteiger partial charge in [-0.2, -0.15) is 0 Å². The van der Waals surface area contributed by atoms with Crippen LogP contribution in [0, 0.1) is 5.92 Å². The van der Waals surface area contributed by atoms with E-state index in [4.69, 9.17) is 5.73 Å². The second-order valence-corrected chi connectivity index (χ2v) is 7.06. The Kier molecular flexibility index (Phi) is 3.23. The summed E-state index contributed by atoms with van der Waals surface area (Å²) in [7, 11) is -3.34. The van der Waals surface area contributed by atoms with Crippen LogP contribution in [0.5, 0.6) is 0 Å². The number of hydrogen-bond donors (Lipinski definition) is 2. The molecule has 1 fully saturated rings. The van der Waals surface area contributed by atoms with Crippen LogP contribution in [-0.2, 0) is 10.0 Å². The summed E-state index contributed by atoms with van der Waals surface area (Å²) in [6.07, 6.45) is 3.17. The molecule has 1 aromatic rings. The van der Waals surface area contributed by atoms with Gasteiger partial charge in [-0.1, -0.05) is 13.3 Å². The van der Waals surface area contributed by atoms with E-state index in [2.05, 4.69) is 11.6 Å². The van der Waals surface area contributed by atoms with Crippen LogP contribution in [0.15, 0.2) is 15.7 Å². The maximum Gasteiger partial charge on any atom is 0.250 e. The van der Waals surface area contributed by atoms with Gasteiger partial charge in [0.2, 0.25) is 10.0 Å². The molecule has 0 amide bonds. The Morgan fingerprint density at radius 3 is 2.94 bits per heavy atom. The van der Waals surface area contributed by atoms with Gasteiger partial charge in [-0.3, -0.25) is 0 Å². The minimum atomic E-state index is -3.34. The van der Waals surface area contributed by atoms with Crippen LogP contribution in [0.4, 0.5) is 5.69 Å². The van der Waals surface area contributed by atoms with Crippen LogP contribution in [-0.4, -0.2) is 14.5 Å². The van der Waals surface area contributed by atoms with E-state index in [1.54, 1.807) is 5.38 Å². The van der Waals surface area contributed by atoms with Crippen molar-refractivity contribution in [3.8, 4) is 0 Å². The molecule has 3 N–H and O–H groups in total. The SMILES string of the molecule is CCCC1CC1NS(=O)(=O)c1cc(N)cs1. The Morgan fingerprint density at radius 1 is 1.62 bits per heavy atom. The first kappa shape index (κ1) is 11.9. The van der Waals surface area contributed by atoms with Crippen molar-refractivity contribution < 1.29 is 8.42 Å². The largest absolute Gasteiger partial charge is 0.398 e. The van der Waals surface area contributed by atoms with Gasteiger partial charge in [0, 0.05) is 17.1 Å². The zero-order chi connectivity index (χ0) is 11.8. The first-order valence-corrected chi connectivity index (χ1v) is 7.75. The number of nitrogen functional groups attached to an aromatic ring is 1. The van der Waals surface area contributed by atoms with E-state index < -0.39 is 10.0 Å². The van der Waals surface area contributed by atoms with Crippen LogP contribution in [0.3, 0.4) is 0 Å². The fourth-order valence-electron chi connectivity index (χ4n) is 1.81. The second-order valence-electron chi connectivity index (χ2n) is 4.21. The van der Waals surface area contributed by atoms with E-state index in [0.717, 1.165) is 19.3 Å². The maximum absolute atomic E-state index is 11.9. The molecule has 1 heterocycles. The van der Waals surface area contributed by atoms with Crippen molar-refractivity contribution in [2.24, 2.45) is 5.92 Å².